The number of carbonyl (C=O) groups is 1. The highest BCUT2D eigenvalue weighted by molar-refractivity contribution is 7.99. The number of carboxylic acid groups (broad SMARTS) is 1. The van der Waals surface area contributed by atoms with E-state index in [2.05, 4.69) is 22.3 Å². The van der Waals surface area contributed by atoms with Crippen LogP contribution < -0.4 is 0 Å². The lowest BCUT2D eigenvalue weighted by Crippen LogP contribution is -1.92. The normalized spacial score (nSPS) is 17.8. The van der Waals surface area contributed by atoms with Crippen molar-refractivity contribution >= 4 is 23.8 Å². The van der Waals surface area contributed by atoms with Crippen molar-refractivity contribution < 1.29 is 14.3 Å². The molecule has 1 aromatic heterocycles. The molecule has 0 saturated heterocycles. The third kappa shape index (κ3) is 2.53. The fraction of sp³-hybridized carbons (Fsp3) is 0.154. The number of carboxylic acids is 1. The summed E-state index contributed by atoms with van der Waals surface area (Å²) in [6.07, 6.45) is 3.13. The van der Waals surface area contributed by atoms with Gasteiger partial charge in [-0.1, -0.05) is 18.2 Å². The molecule has 0 radical (unpaired) electrons. The highest BCUT2D eigenvalue weighted by Gasteiger charge is 2.27. The van der Waals surface area contributed by atoms with Crippen molar-refractivity contribution in [2.24, 2.45) is 0 Å². The average molecular weight is 274 g/mol. The summed E-state index contributed by atoms with van der Waals surface area (Å²) in [6.45, 7) is 0. The molecule has 2 heterocycles. The summed E-state index contributed by atoms with van der Waals surface area (Å²) < 4.78 is 5.46. The molecule has 0 fully saturated rings. The van der Waals surface area contributed by atoms with E-state index < -0.39 is 5.97 Å². The average Bonchev–Trinajstić information content (AvgIpc) is 3.02. The van der Waals surface area contributed by atoms with Crippen LogP contribution in [0.2, 0.25) is 0 Å². The maximum Gasteiger partial charge on any atom is 0.328 e. The van der Waals surface area contributed by atoms with Gasteiger partial charge < -0.3 is 9.52 Å². The van der Waals surface area contributed by atoms with Crippen LogP contribution in [0.25, 0.3) is 6.08 Å². The van der Waals surface area contributed by atoms with Crippen molar-refractivity contribution in [1.29, 1.82) is 0 Å². The lowest BCUT2D eigenvalue weighted by molar-refractivity contribution is -0.131. The largest absolute Gasteiger partial charge is 0.478 e. The first kappa shape index (κ1) is 12.0. The molecular weight excluding hydrogens is 264 g/mol. The second-order valence-corrected chi connectivity index (χ2v) is 5.31. The Bertz CT molecular complexity index is 626. The summed E-state index contributed by atoms with van der Waals surface area (Å²) in [7, 11) is 0. The number of nitrogens with zero attached hydrogens (tertiary/aromatic N) is 2. The fourth-order valence-corrected chi connectivity index (χ4v) is 3.13. The zero-order valence-electron chi connectivity index (χ0n) is 9.81. The van der Waals surface area contributed by atoms with Crippen LogP contribution in [0.5, 0.6) is 0 Å². The molecule has 6 heteroatoms. The van der Waals surface area contributed by atoms with Crippen LogP contribution in [0.15, 0.2) is 39.7 Å². The number of rotatable bonds is 3. The van der Waals surface area contributed by atoms with Gasteiger partial charge in [0.1, 0.15) is 0 Å². The van der Waals surface area contributed by atoms with Gasteiger partial charge in [0.25, 0.3) is 0 Å². The minimum atomic E-state index is -1.04. The van der Waals surface area contributed by atoms with Gasteiger partial charge in [-0.3, -0.25) is 0 Å². The van der Waals surface area contributed by atoms with Crippen molar-refractivity contribution in [1.82, 2.24) is 10.2 Å². The molecule has 19 heavy (non-hydrogen) atoms. The third-order valence-electron chi connectivity index (χ3n) is 2.75. The Balaban J connectivity index is 1.77. The maximum atomic E-state index is 10.4. The van der Waals surface area contributed by atoms with E-state index in [1.807, 2.05) is 12.1 Å². The highest BCUT2D eigenvalue weighted by atomic mass is 32.2. The van der Waals surface area contributed by atoms with Gasteiger partial charge in [0.05, 0.1) is 5.25 Å². The van der Waals surface area contributed by atoms with Crippen molar-refractivity contribution in [2.75, 3.05) is 0 Å². The van der Waals surface area contributed by atoms with Crippen molar-refractivity contribution in [2.45, 2.75) is 16.6 Å². The molecule has 1 atom stereocenters. The number of aliphatic carboxylic acids is 1. The van der Waals surface area contributed by atoms with Gasteiger partial charge in [0, 0.05) is 17.0 Å². The summed E-state index contributed by atoms with van der Waals surface area (Å²) in [4.78, 5) is 11.6. The third-order valence-corrected chi connectivity index (χ3v) is 4.05. The number of fused-ring (bicyclic) bond motifs is 1. The van der Waals surface area contributed by atoms with E-state index in [-0.39, 0.29) is 11.1 Å². The molecule has 0 bridgehead atoms. The van der Waals surface area contributed by atoms with E-state index in [0.717, 1.165) is 12.5 Å². The predicted molar refractivity (Wildman–Crippen MR) is 69.7 cm³/mol. The zero-order chi connectivity index (χ0) is 13.2. The molecule has 1 aliphatic rings. The van der Waals surface area contributed by atoms with E-state index >= 15 is 0 Å². The van der Waals surface area contributed by atoms with Gasteiger partial charge in [-0.25, -0.2) is 4.79 Å². The molecule has 0 saturated carbocycles. The van der Waals surface area contributed by atoms with Crippen LogP contribution in [0, 0.1) is 0 Å². The molecule has 3 rings (SSSR count). The van der Waals surface area contributed by atoms with Crippen LogP contribution in [0.4, 0.5) is 0 Å². The minimum absolute atomic E-state index is 0.108. The molecule has 0 amide bonds. The SMILES string of the molecule is O=C(O)/C=C/c1nnc(C2Cc3ccccc3S2)o1. The standard InChI is InChI=1S/C13H10N2O3S/c16-12(17)6-5-11-14-15-13(18-11)10-7-8-3-1-2-4-9(8)19-10/h1-6,10H,7H2,(H,16,17)/b6-5+. The Labute approximate surface area is 113 Å². The first-order chi connectivity index (χ1) is 9.22. The van der Waals surface area contributed by atoms with Crippen LogP contribution >= 0.6 is 11.8 Å². The number of hydrogen-bond acceptors (Lipinski definition) is 5. The van der Waals surface area contributed by atoms with Crippen molar-refractivity contribution in [3.05, 3.63) is 47.7 Å². The monoisotopic (exact) mass is 274 g/mol. The van der Waals surface area contributed by atoms with Gasteiger partial charge in [-0.05, 0) is 18.1 Å². The van der Waals surface area contributed by atoms with E-state index in [1.165, 1.54) is 16.5 Å². The lowest BCUT2D eigenvalue weighted by Gasteiger charge is -2.00. The predicted octanol–water partition coefficient (Wildman–Crippen LogP) is 2.56. The minimum Gasteiger partial charge on any atom is -0.478 e. The van der Waals surface area contributed by atoms with E-state index in [4.69, 9.17) is 9.52 Å². The maximum absolute atomic E-state index is 10.4. The zero-order valence-corrected chi connectivity index (χ0v) is 10.6. The molecule has 1 aromatic carbocycles. The molecule has 1 unspecified atom stereocenters. The van der Waals surface area contributed by atoms with Crippen LogP contribution in [-0.4, -0.2) is 21.3 Å². The van der Waals surface area contributed by atoms with Crippen molar-refractivity contribution in [3.8, 4) is 0 Å². The highest BCUT2D eigenvalue weighted by Crippen LogP contribution is 2.45. The molecular formula is C13H10N2O3S. The molecule has 1 N–H and O–H groups in total. The summed E-state index contributed by atoms with van der Waals surface area (Å²) in [5.74, 6) is -0.289. The molecule has 2 aromatic rings. The van der Waals surface area contributed by atoms with E-state index in [0.29, 0.717) is 5.89 Å². The summed E-state index contributed by atoms with van der Waals surface area (Å²) in [6, 6.07) is 8.17. The second-order valence-electron chi connectivity index (χ2n) is 4.07. The quantitative estimate of drug-likeness (QED) is 0.867. The van der Waals surface area contributed by atoms with Crippen molar-refractivity contribution in [3.63, 3.8) is 0 Å². The summed E-state index contributed by atoms with van der Waals surface area (Å²) >= 11 is 1.69. The Hall–Kier alpha value is -2.08. The molecule has 0 spiro atoms. The number of hydrogen-bond donors (Lipinski definition) is 1. The van der Waals surface area contributed by atoms with Crippen LogP contribution in [0.1, 0.15) is 22.6 Å². The van der Waals surface area contributed by atoms with E-state index in [1.54, 1.807) is 11.8 Å². The van der Waals surface area contributed by atoms with Crippen LogP contribution in [-0.2, 0) is 11.2 Å². The Morgan fingerprint density at radius 2 is 2.26 bits per heavy atom. The summed E-state index contributed by atoms with van der Waals surface area (Å²) in [5.41, 5.74) is 1.28. The number of benzene rings is 1. The first-order valence-electron chi connectivity index (χ1n) is 5.71. The van der Waals surface area contributed by atoms with Gasteiger partial charge in [0.15, 0.2) is 0 Å². The Kier molecular flexibility index (Phi) is 3.08. The molecule has 0 aliphatic carbocycles. The van der Waals surface area contributed by atoms with Gasteiger partial charge in [0.2, 0.25) is 11.8 Å². The van der Waals surface area contributed by atoms with Gasteiger partial charge >= 0.3 is 5.97 Å². The number of thioether (sulfide) groups is 1. The smallest absolute Gasteiger partial charge is 0.328 e. The Morgan fingerprint density at radius 1 is 1.42 bits per heavy atom. The Morgan fingerprint density at radius 3 is 3.05 bits per heavy atom. The second kappa shape index (κ2) is 4.89. The lowest BCUT2D eigenvalue weighted by atomic mass is 10.1. The first-order valence-corrected chi connectivity index (χ1v) is 6.59. The number of aromatic nitrogens is 2. The van der Waals surface area contributed by atoms with Crippen LogP contribution in [0.3, 0.4) is 0 Å². The van der Waals surface area contributed by atoms with Gasteiger partial charge in [-0.2, -0.15) is 0 Å². The van der Waals surface area contributed by atoms with Gasteiger partial charge in [-0.15, -0.1) is 22.0 Å². The molecule has 96 valence electrons. The molecule has 5 nitrogen and oxygen atoms in total. The summed E-state index contributed by atoms with van der Waals surface area (Å²) in [5, 5.41) is 16.4. The topological polar surface area (TPSA) is 76.2 Å². The van der Waals surface area contributed by atoms with E-state index in [9.17, 15) is 4.79 Å². The molecule has 1 aliphatic heterocycles. The fourth-order valence-electron chi connectivity index (χ4n) is 1.91.